The lowest BCUT2D eigenvalue weighted by Gasteiger charge is -2.19. The first-order valence-electron chi connectivity index (χ1n) is 7.33. The smallest absolute Gasteiger partial charge is 0.251 e. The van der Waals surface area contributed by atoms with Gasteiger partial charge in [-0.1, -0.05) is 30.5 Å². The number of rotatable bonds is 4. The van der Waals surface area contributed by atoms with E-state index in [0.29, 0.717) is 0 Å². The lowest BCUT2D eigenvalue weighted by atomic mass is 10.1. The Morgan fingerprint density at radius 2 is 1.74 bits per heavy atom. The molecule has 1 fully saturated rings. The zero-order valence-corrected chi connectivity index (χ0v) is 11.8. The summed E-state index contributed by atoms with van der Waals surface area (Å²) in [6.45, 7) is 6.10. The van der Waals surface area contributed by atoms with Crippen LogP contribution in [0.4, 0.5) is 0 Å². The molecule has 104 valence electrons. The molecule has 0 saturated carbocycles. The Labute approximate surface area is 116 Å². The molecule has 1 aromatic carbocycles. The van der Waals surface area contributed by atoms with Gasteiger partial charge in [-0.3, -0.25) is 4.79 Å². The summed E-state index contributed by atoms with van der Waals surface area (Å²) in [5.74, 6) is 0.0369. The molecule has 1 aliphatic rings. The van der Waals surface area contributed by atoms with Gasteiger partial charge in [0.25, 0.3) is 5.91 Å². The van der Waals surface area contributed by atoms with E-state index in [0.717, 1.165) is 18.7 Å². The van der Waals surface area contributed by atoms with Crippen LogP contribution in [0.1, 0.15) is 41.6 Å². The topological polar surface area (TPSA) is 32.3 Å². The van der Waals surface area contributed by atoms with Crippen molar-refractivity contribution in [1.82, 2.24) is 10.2 Å². The Balaban J connectivity index is 1.72. The number of hydrogen-bond acceptors (Lipinski definition) is 2. The SMILES string of the molecule is Cc1ccc(C(=O)NCCN2CCCCCC2)cc1. The quantitative estimate of drug-likeness (QED) is 0.902. The Morgan fingerprint density at radius 3 is 2.37 bits per heavy atom. The fourth-order valence-electron chi connectivity index (χ4n) is 2.49. The molecule has 1 aromatic rings. The number of nitrogens with zero attached hydrogens (tertiary/aromatic N) is 1. The largest absolute Gasteiger partial charge is 0.351 e. The average Bonchev–Trinajstić information content (AvgIpc) is 2.68. The van der Waals surface area contributed by atoms with Crippen LogP contribution in [0.15, 0.2) is 24.3 Å². The fraction of sp³-hybridized carbons (Fsp3) is 0.562. The van der Waals surface area contributed by atoms with Gasteiger partial charge in [0.1, 0.15) is 0 Å². The Morgan fingerprint density at radius 1 is 1.11 bits per heavy atom. The van der Waals surface area contributed by atoms with Gasteiger partial charge < -0.3 is 10.2 Å². The first kappa shape index (κ1) is 14.1. The van der Waals surface area contributed by atoms with E-state index in [4.69, 9.17) is 0 Å². The van der Waals surface area contributed by atoms with Gasteiger partial charge in [-0.2, -0.15) is 0 Å². The van der Waals surface area contributed by atoms with Gasteiger partial charge in [-0.15, -0.1) is 0 Å². The van der Waals surface area contributed by atoms with Gasteiger partial charge in [-0.25, -0.2) is 0 Å². The van der Waals surface area contributed by atoms with Crippen LogP contribution in [0.2, 0.25) is 0 Å². The standard InChI is InChI=1S/C16H24N2O/c1-14-6-8-15(9-7-14)16(19)17-10-13-18-11-4-2-3-5-12-18/h6-9H,2-5,10-13H2,1H3,(H,17,19). The zero-order chi connectivity index (χ0) is 13.5. The van der Waals surface area contributed by atoms with E-state index in [1.165, 1.54) is 44.3 Å². The van der Waals surface area contributed by atoms with Gasteiger partial charge in [0, 0.05) is 18.7 Å². The normalized spacial score (nSPS) is 16.9. The summed E-state index contributed by atoms with van der Waals surface area (Å²) >= 11 is 0. The highest BCUT2D eigenvalue weighted by molar-refractivity contribution is 5.94. The minimum absolute atomic E-state index is 0.0369. The van der Waals surface area contributed by atoms with E-state index in [2.05, 4.69) is 10.2 Å². The molecule has 19 heavy (non-hydrogen) atoms. The summed E-state index contributed by atoms with van der Waals surface area (Å²) in [5, 5.41) is 3.01. The number of aryl methyl sites for hydroxylation is 1. The van der Waals surface area contributed by atoms with Crippen LogP contribution in [-0.2, 0) is 0 Å². The van der Waals surface area contributed by atoms with Crippen molar-refractivity contribution in [2.45, 2.75) is 32.6 Å². The van der Waals surface area contributed by atoms with Crippen molar-refractivity contribution in [2.24, 2.45) is 0 Å². The molecule has 3 nitrogen and oxygen atoms in total. The predicted octanol–water partition coefficient (Wildman–Crippen LogP) is 2.60. The van der Waals surface area contributed by atoms with Gasteiger partial charge >= 0.3 is 0 Å². The van der Waals surface area contributed by atoms with E-state index in [1.807, 2.05) is 31.2 Å². The van der Waals surface area contributed by atoms with Crippen LogP contribution in [-0.4, -0.2) is 37.0 Å². The van der Waals surface area contributed by atoms with Gasteiger partial charge in [0.05, 0.1) is 0 Å². The maximum Gasteiger partial charge on any atom is 0.251 e. The first-order chi connectivity index (χ1) is 9.25. The highest BCUT2D eigenvalue weighted by Gasteiger charge is 2.09. The van der Waals surface area contributed by atoms with Gasteiger partial charge in [0.2, 0.25) is 0 Å². The van der Waals surface area contributed by atoms with Crippen molar-refractivity contribution < 1.29 is 4.79 Å². The number of hydrogen-bond donors (Lipinski definition) is 1. The van der Waals surface area contributed by atoms with Crippen LogP contribution in [0.5, 0.6) is 0 Å². The van der Waals surface area contributed by atoms with E-state index in [1.54, 1.807) is 0 Å². The van der Waals surface area contributed by atoms with Crippen LogP contribution in [0.3, 0.4) is 0 Å². The third kappa shape index (κ3) is 4.67. The van der Waals surface area contributed by atoms with E-state index < -0.39 is 0 Å². The summed E-state index contributed by atoms with van der Waals surface area (Å²) < 4.78 is 0. The molecular weight excluding hydrogens is 236 g/mol. The van der Waals surface area contributed by atoms with Crippen molar-refractivity contribution in [3.63, 3.8) is 0 Å². The number of carbonyl (C=O) groups is 1. The molecule has 3 heteroatoms. The number of nitrogens with one attached hydrogen (secondary N) is 1. The van der Waals surface area contributed by atoms with Crippen molar-refractivity contribution >= 4 is 5.91 Å². The fourth-order valence-corrected chi connectivity index (χ4v) is 2.49. The van der Waals surface area contributed by atoms with Gasteiger partial charge in [-0.05, 0) is 45.0 Å². The molecule has 1 N–H and O–H groups in total. The van der Waals surface area contributed by atoms with Crippen LogP contribution < -0.4 is 5.32 Å². The second-order valence-electron chi connectivity index (χ2n) is 5.38. The maximum absolute atomic E-state index is 11.9. The molecule has 0 aliphatic carbocycles. The first-order valence-corrected chi connectivity index (χ1v) is 7.33. The molecule has 1 aliphatic heterocycles. The van der Waals surface area contributed by atoms with Crippen molar-refractivity contribution in [1.29, 1.82) is 0 Å². The summed E-state index contributed by atoms with van der Waals surface area (Å²) in [6.07, 6.45) is 5.30. The predicted molar refractivity (Wildman–Crippen MR) is 78.4 cm³/mol. The molecule has 1 saturated heterocycles. The van der Waals surface area contributed by atoms with Crippen LogP contribution in [0, 0.1) is 6.92 Å². The molecule has 2 rings (SSSR count). The van der Waals surface area contributed by atoms with E-state index >= 15 is 0 Å². The second kappa shape index (κ2) is 7.29. The Bertz CT molecular complexity index is 392. The lowest BCUT2D eigenvalue weighted by molar-refractivity contribution is 0.0948. The summed E-state index contributed by atoms with van der Waals surface area (Å²) in [7, 11) is 0. The third-order valence-electron chi connectivity index (χ3n) is 3.73. The second-order valence-corrected chi connectivity index (χ2v) is 5.38. The number of amides is 1. The highest BCUT2D eigenvalue weighted by Crippen LogP contribution is 2.08. The minimum Gasteiger partial charge on any atom is -0.351 e. The van der Waals surface area contributed by atoms with Crippen LogP contribution >= 0.6 is 0 Å². The van der Waals surface area contributed by atoms with E-state index in [-0.39, 0.29) is 5.91 Å². The number of benzene rings is 1. The molecule has 0 radical (unpaired) electrons. The zero-order valence-electron chi connectivity index (χ0n) is 11.8. The monoisotopic (exact) mass is 260 g/mol. The minimum atomic E-state index is 0.0369. The lowest BCUT2D eigenvalue weighted by Crippen LogP contribution is -2.35. The third-order valence-corrected chi connectivity index (χ3v) is 3.73. The van der Waals surface area contributed by atoms with Gasteiger partial charge in [0.15, 0.2) is 0 Å². The summed E-state index contributed by atoms with van der Waals surface area (Å²) in [4.78, 5) is 14.4. The molecule has 0 unspecified atom stereocenters. The summed E-state index contributed by atoms with van der Waals surface area (Å²) in [6, 6.07) is 7.72. The van der Waals surface area contributed by atoms with Crippen molar-refractivity contribution in [2.75, 3.05) is 26.2 Å². The highest BCUT2D eigenvalue weighted by atomic mass is 16.1. The Hall–Kier alpha value is -1.35. The maximum atomic E-state index is 11.9. The van der Waals surface area contributed by atoms with Crippen molar-refractivity contribution in [3.05, 3.63) is 35.4 Å². The number of likely N-dealkylation sites (tertiary alicyclic amines) is 1. The molecular formula is C16H24N2O. The Kier molecular flexibility index (Phi) is 5.40. The average molecular weight is 260 g/mol. The van der Waals surface area contributed by atoms with Crippen molar-refractivity contribution in [3.8, 4) is 0 Å². The summed E-state index contributed by atoms with van der Waals surface area (Å²) in [5.41, 5.74) is 1.93. The molecule has 0 spiro atoms. The molecule has 1 amide bonds. The van der Waals surface area contributed by atoms with Crippen LogP contribution in [0.25, 0.3) is 0 Å². The molecule has 0 aromatic heterocycles. The van der Waals surface area contributed by atoms with E-state index in [9.17, 15) is 4.79 Å². The molecule has 1 heterocycles. The molecule has 0 atom stereocenters. The number of carbonyl (C=O) groups excluding carboxylic acids is 1. The molecule has 0 bridgehead atoms.